The molecular weight excluding hydrogens is 168 g/mol. The molecule has 5 nitrogen and oxygen atoms in total. The van der Waals surface area contributed by atoms with Crippen molar-refractivity contribution < 1.29 is 4.52 Å². The minimum atomic E-state index is 0.692. The Morgan fingerprint density at radius 1 is 1.46 bits per heavy atom. The molecule has 0 spiro atoms. The Bertz CT molecular complexity index is 210. The van der Waals surface area contributed by atoms with Gasteiger partial charge in [-0.15, -0.1) is 0 Å². The van der Waals surface area contributed by atoms with Gasteiger partial charge in [0.2, 0.25) is 5.89 Å². The molecule has 1 aromatic heterocycles. The lowest BCUT2D eigenvalue weighted by Crippen LogP contribution is -2.27. The molecule has 0 unspecified atom stereocenters. The summed E-state index contributed by atoms with van der Waals surface area (Å²) in [6.07, 6.45) is 2.22. The normalized spacial score (nSPS) is 11.0. The molecule has 1 rings (SSSR count). The molecule has 1 heterocycles. The number of likely N-dealkylation sites (N-methyl/N-ethyl adjacent to an activating group) is 1. The molecule has 0 saturated carbocycles. The fourth-order valence-corrected chi connectivity index (χ4v) is 0.929. The van der Waals surface area contributed by atoms with E-state index in [0.717, 1.165) is 26.1 Å². The quantitative estimate of drug-likeness (QED) is 0.619. The second kappa shape index (κ2) is 5.66. The topological polar surface area (TPSA) is 54.2 Å². The SMILES string of the molecule is CN(C)CCNCCc1ncno1. The van der Waals surface area contributed by atoms with Gasteiger partial charge in [-0.2, -0.15) is 4.98 Å². The summed E-state index contributed by atoms with van der Waals surface area (Å²) in [6, 6.07) is 0. The van der Waals surface area contributed by atoms with E-state index in [1.165, 1.54) is 6.33 Å². The molecule has 0 amide bonds. The van der Waals surface area contributed by atoms with Crippen LogP contribution in [0.4, 0.5) is 0 Å². The molecule has 0 aliphatic rings. The lowest BCUT2D eigenvalue weighted by atomic mass is 10.4. The summed E-state index contributed by atoms with van der Waals surface area (Å²) in [6.45, 7) is 2.92. The predicted molar refractivity (Wildman–Crippen MR) is 49.4 cm³/mol. The first kappa shape index (κ1) is 10.1. The average Bonchev–Trinajstić information content (AvgIpc) is 2.55. The van der Waals surface area contributed by atoms with E-state index in [4.69, 9.17) is 4.52 Å². The van der Waals surface area contributed by atoms with E-state index >= 15 is 0 Å². The summed E-state index contributed by atoms with van der Waals surface area (Å²) in [5.41, 5.74) is 0. The van der Waals surface area contributed by atoms with Crippen molar-refractivity contribution in [3.05, 3.63) is 12.2 Å². The van der Waals surface area contributed by atoms with Gasteiger partial charge in [0.05, 0.1) is 0 Å². The van der Waals surface area contributed by atoms with Crippen molar-refractivity contribution in [3.8, 4) is 0 Å². The lowest BCUT2D eigenvalue weighted by Gasteiger charge is -2.09. The Labute approximate surface area is 78.1 Å². The van der Waals surface area contributed by atoms with E-state index in [9.17, 15) is 0 Å². The van der Waals surface area contributed by atoms with Crippen LogP contribution < -0.4 is 5.32 Å². The predicted octanol–water partition coefficient (Wildman–Crippen LogP) is -0.237. The van der Waals surface area contributed by atoms with Crippen LogP contribution in [0.25, 0.3) is 0 Å². The second-order valence-corrected chi connectivity index (χ2v) is 3.14. The van der Waals surface area contributed by atoms with E-state index in [1.807, 2.05) is 0 Å². The van der Waals surface area contributed by atoms with Crippen LogP contribution in [0.1, 0.15) is 5.89 Å². The largest absolute Gasteiger partial charge is 0.340 e. The van der Waals surface area contributed by atoms with Gasteiger partial charge in [0.15, 0.2) is 6.33 Å². The Morgan fingerprint density at radius 2 is 2.31 bits per heavy atom. The van der Waals surface area contributed by atoms with Crippen LogP contribution in [0.2, 0.25) is 0 Å². The van der Waals surface area contributed by atoms with E-state index in [-0.39, 0.29) is 0 Å². The van der Waals surface area contributed by atoms with Gasteiger partial charge < -0.3 is 14.7 Å². The average molecular weight is 184 g/mol. The number of rotatable bonds is 6. The molecule has 0 aliphatic heterocycles. The minimum absolute atomic E-state index is 0.692. The number of nitrogens with zero attached hydrogens (tertiary/aromatic N) is 3. The molecule has 0 aromatic carbocycles. The van der Waals surface area contributed by atoms with Gasteiger partial charge in [-0.25, -0.2) is 0 Å². The Morgan fingerprint density at radius 3 is 2.92 bits per heavy atom. The highest BCUT2D eigenvalue weighted by molar-refractivity contribution is 4.74. The van der Waals surface area contributed by atoms with Crippen LogP contribution in [-0.4, -0.2) is 48.8 Å². The van der Waals surface area contributed by atoms with Gasteiger partial charge in [0.25, 0.3) is 0 Å². The molecule has 1 aromatic rings. The van der Waals surface area contributed by atoms with Crippen molar-refractivity contribution in [2.24, 2.45) is 0 Å². The van der Waals surface area contributed by atoms with E-state index < -0.39 is 0 Å². The van der Waals surface area contributed by atoms with Gasteiger partial charge in [-0.1, -0.05) is 5.16 Å². The van der Waals surface area contributed by atoms with Gasteiger partial charge >= 0.3 is 0 Å². The van der Waals surface area contributed by atoms with Crippen LogP contribution in [0.15, 0.2) is 10.9 Å². The van der Waals surface area contributed by atoms with Gasteiger partial charge in [-0.3, -0.25) is 0 Å². The number of hydrogen-bond donors (Lipinski definition) is 1. The molecule has 0 fully saturated rings. The van der Waals surface area contributed by atoms with Crippen molar-refractivity contribution in [1.82, 2.24) is 20.4 Å². The molecule has 0 bridgehead atoms. The summed E-state index contributed by atoms with van der Waals surface area (Å²) >= 11 is 0. The molecule has 1 N–H and O–H groups in total. The molecule has 74 valence electrons. The van der Waals surface area contributed by atoms with Crippen LogP contribution in [0.5, 0.6) is 0 Å². The molecule has 0 radical (unpaired) electrons. The van der Waals surface area contributed by atoms with Gasteiger partial charge in [0.1, 0.15) is 0 Å². The maximum atomic E-state index is 4.85. The molecule has 13 heavy (non-hydrogen) atoms. The van der Waals surface area contributed by atoms with Crippen LogP contribution in [-0.2, 0) is 6.42 Å². The number of hydrogen-bond acceptors (Lipinski definition) is 5. The van der Waals surface area contributed by atoms with Crippen molar-refractivity contribution in [3.63, 3.8) is 0 Å². The van der Waals surface area contributed by atoms with Crippen molar-refractivity contribution >= 4 is 0 Å². The Hall–Kier alpha value is -0.940. The zero-order valence-corrected chi connectivity index (χ0v) is 8.16. The first-order valence-electron chi connectivity index (χ1n) is 4.40. The fraction of sp³-hybridized carbons (Fsp3) is 0.750. The monoisotopic (exact) mass is 184 g/mol. The third-order valence-electron chi connectivity index (χ3n) is 1.66. The maximum Gasteiger partial charge on any atom is 0.227 e. The maximum absolute atomic E-state index is 4.85. The van der Waals surface area contributed by atoms with E-state index in [1.54, 1.807) is 0 Å². The zero-order valence-electron chi connectivity index (χ0n) is 8.16. The third kappa shape index (κ3) is 4.59. The summed E-state index contributed by atoms with van der Waals surface area (Å²) in [4.78, 5) is 6.06. The second-order valence-electron chi connectivity index (χ2n) is 3.14. The third-order valence-corrected chi connectivity index (χ3v) is 1.66. The smallest absolute Gasteiger partial charge is 0.227 e. The van der Waals surface area contributed by atoms with E-state index in [2.05, 4.69) is 34.5 Å². The first-order chi connectivity index (χ1) is 6.29. The number of aromatic nitrogens is 2. The summed E-state index contributed by atoms with van der Waals surface area (Å²) < 4.78 is 4.85. The zero-order chi connectivity index (χ0) is 9.52. The highest BCUT2D eigenvalue weighted by atomic mass is 16.5. The van der Waals surface area contributed by atoms with Crippen LogP contribution in [0, 0.1) is 0 Å². The minimum Gasteiger partial charge on any atom is -0.340 e. The molecule has 0 atom stereocenters. The van der Waals surface area contributed by atoms with Crippen molar-refractivity contribution in [2.75, 3.05) is 33.7 Å². The molecule has 0 aliphatic carbocycles. The number of nitrogens with one attached hydrogen (secondary N) is 1. The molecular formula is C8H16N4O. The van der Waals surface area contributed by atoms with Crippen molar-refractivity contribution in [2.45, 2.75) is 6.42 Å². The fourth-order valence-electron chi connectivity index (χ4n) is 0.929. The lowest BCUT2D eigenvalue weighted by molar-refractivity contribution is 0.369. The molecule has 5 heteroatoms. The molecule has 0 saturated heterocycles. The van der Waals surface area contributed by atoms with Gasteiger partial charge in [-0.05, 0) is 14.1 Å². The van der Waals surface area contributed by atoms with Crippen molar-refractivity contribution in [1.29, 1.82) is 0 Å². The first-order valence-corrected chi connectivity index (χ1v) is 4.40. The highest BCUT2D eigenvalue weighted by Crippen LogP contribution is 1.89. The van der Waals surface area contributed by atoms with E-state index in [0.29, 0.717) is 5.89 Å². The summed E-state index contributed by atoms with van der Waals surface area (Å²) in [5, 5.41) is 6.81. The Kier molecular flexibility index (Phi) is 4.42. The van der Waals surface area contributed by atoms with Crippen LogP contribution >= 0.6 is 0 Å². The Balaban J connectivity index is 1.96. The standard InChI is InChI=1S/C8H16N4O/c1-12(2)6-5-9-4-3-8-10-7-11-13-8/h7,9H,3-6H2,1-2H3. The summed E-state index contributed by atoms with van der Waals surface area (Å²) in [5.74, 6) is 0.692. The van der Waals surface area contributed by atoms with Crippen LogP contribution in [0.3, 0.4) is 0 Å². The summed E-state index contributed by atoms with van der Waals surface area (Å²) in [7, 11) is 4.11. The van der Waals surface area contributed by atoms with Gasteiger partial charge in [0, 0.05) is 26.1 Å². The highest BCUT2D eigenvalue weighted by Gasteiger charge is 1.97.